The van der Waals surface area contributed by atoms with E-state index in [0.717, 1.165) is 22.3 Å². The van der Waals surface area contributed by atoms with Gasteiger partial charge in [0.25, 0.3) is 0 Å². The molecule has 0 aliphatic carbocycles. The van der Waals surface area contributed by atoms with E-state index in [2.05, 4.69) is 5.10 Å². The fraction of sp³-hybridized carbons (Fsp3) is 0.269. The normalized spacial score (nSPS) is 14.2. The molecule has 166 valence electrons. The Labute approximate surface area is 188 Å². The van der Waals surface area contributed by atoms with Crippen molar-refractivity contribution < 1.29 is 19.1 Å². The van der Waals surface area contributed by atoms with Gasteiger partial charge in [-0.15, -0.1) is 0 Å². The highest BCUT2D eigenvalue weighted by molar-refractivity contribution is 5.98. The molecule has 0 atom stereocenters. The molecule has 1 heterocycles. The molecule has 0 radical (unpaired) electrons. The lowest BCUT2D eigenvalue weighted by Crippen LogP contribution is -2.28. The van der Waals surface area contributed by atoms with Crippen LogP contribution in [-0.4, -0.2) is 36.4 Å². The number of hydrogen-bond donors (Lipinski definition) is 0. The highest BCUT2D eigenvalue weighted by Crippen LogP contribution is 2.37. The molecule has 6 heteroatoms. The van der Waals surface area contributed by atoms with Crippen molar-refractivity contribution in [1.29, 1.82) is 0 Å². The topological polar surface area (TPSA) is 68.2 Å². The average molecular weight is 433 g/mol. The number of hydrazone groups is 1. The van der Waals surface area contributed by atoms with Gasteiger partial charge in [-0.3, -0.25) is 0 Å². The van der Waals surface area contributed by atoms with Crippen molar-refractivity contribution in [1.82, 2.24) is 5.01 Å². The van der Waals surface area contributed by atoms with E-state index in [1.165, 1.54) is 5.01 Å². The summed E-state index contributed by atoms with van der Waals surface area (Å²) in [6, 6.07) is 15.6. The van der Waals surface area contributed by atoms with E-state index in [1.807, 2.05) is 62.4 Å². The number of hydrogen-bond acceptors (Lipinski definition) is 6. The smallest absolute Gasteiger partial charge is 0.336 e. The predicted octanol–water partition coefficient (Wildman–Crippen LogP) is 4.63. The Morgan fingerprint density at radius 2 is 1.31 bits per heavy atom. The third kappa shape index (κ3) is 5.52. The van der Waals surface area contributed by atoms with Gasteiger partial charge in [0.2, 0.25) is 0 Å². The van der Waals surface area contributed by atoms with E-state index < -0.39 is 17.9 Å². The average Bonchev–Trinajstić information content (AvgIpc) is 2.79. The summed E-state index contributed by atoms with van der Waals surface area (Å²) in [6.07, 6.45) is 4.88. The van der Waals surface area contributed by atoms with Crippen LogP contribution in [0, 0.1) is 13.8 Å². The lowest BCUT2D eigenvalue weighted by Gasteiger charge is -2.28. The van der Waals surface area contributed by atoms with Crippen LogP contribution < -0.4 is 0 Å². The van der Waals surface area contributed by atoms with Crippen molar-refractivity contribution in [2.75, 3.05) is 13.2 Å². The number of carbonyl (C=O) groups is 2. The van der Waals surface area contributed by atoms with Gasteiger partial charge in [0.15, 0.2) is 0 Å². The van der Waals surface area contributed by atoms with Crippen molar-refractivity contribution in [3.8, 4) is 0 Å². The number of esters is 2. The number of benzene rings is 2. The van der Waals surface area contributed by atoms with E-state index in [-0.39, 0.29) is 13.2 Å². The van der Waals surface area contributed by atoms with E-state index in [1.54, 1.807) is 32.5 Å². The molecule has 6 nitrogen and oxygen atoms in total. The van der Waals surface area contributed by atoms with E-state index in [4.69, 9.17) is 9.47 Å². The summed E-state index contributed by atoms with van der Waals surface area (Å²) >= 11 is 0. The lowest BCUT2D eigenvalue weighted by atomic mass is 9.83. The van der Waals surface area contributed by atoms with Crippen LogP contribution in [0.5, 0.6) is 0 Å². The SMILES string of the molecule is CCOC(=O)C1=CN(/N=C/c2ccc(C)cc2)C=C(C(=O)OCC)C1c1ccc(C)cc1. The summed E-state index contributed by atoms with van der Waals surface area (Å²) in [5.41, 5.74) is 4.57. The summed E-state index contributed by atoms with van der Waals surface area (Å²) in [5.74, 6) is -1.61. The van der Waals surface area contributed by atoms with Gasteiger partial charge >= 0.3 is 11.9 Å². The van der Waals surface area contributed by atoms with Crippen molar-refractivity contribution in [2.45, 2.75) is 33.6 Å². The summed E-state index contributed by atoms with van der Waals surface area (Å²) < 4.78 is 10.6. The largest absolute Gasteiger partial charge is 0.463 e. The molecule has 0 unspecified atom stereocenters. The van der Waals surface area contributed by atoms with Crippen molar-refractivity contribution in [2.24, 2.45) is 5.10 Å². The van der Waals surface area contributed by atoms with Crippen LogP contribution in [0.1, 0.15) is 42.0 Å². The molecule has 3 rings (SSSR count). The quantitative estimate of drug-likeness (QED) is 0.471. The van der Waals surface area contributed by atoms with Crippen molar-refractivity contribution in [3.63, 3.8) is 0 Å². The third-order valence-corrected chi connectivity index (χ3v) is 5.02. The van der Waals surface area contributed by atoms with Gasteiger partial charge in [0.1, 0.15) is 0 Å². The highest BCUT2D eigenvalue weighted by Gasteiger charge is 2.35. The number of ether oxygens (including phenoxy) is 2. The third-order valence-electron chi connectivity index (χ3n) is 5.02. The molecule has 0 aromatic heterocycles. The molecule has 0 N–H and O–H groups in total. The molecule has 0 saturated heterocycles. The fourth-order valence-corrected chi connectivity index (χ4v) is 3.38. The molecular weight excluding hydrogens is 404 g/mol. The molecule has 1 aliphatic heterocycles. The Morgan fingerprint density at radius 3 is 1.78 bits per heavy atom. The van der Waals surface area contributed by atoms with Crippen LogP contribution in [0.4, 0.5) is 0 Å². The second-order valence-corrected chi connectivity index (χ2v) is 7.49. The maximum atomic E-state index is 12.9. The molecule has 0 bridgehead atoms. The van der Waals surface area contributed by atoms with Crippen molar-refractivity contribution >= 4 is 18.2 Å². The summed E-state index contributed by atoms with van der Waals surface area (Å²) in [5, 5.41) is 5.91. The number of aryl methyl sites for hydroxylation is 2. The molecular formula is C26H28N2O4. The fourth-order valence-electron chi connectivity index (χ4n) is 3.38. The first-order chi connectivity index (χ1) is 15.4. The van der Waals surface area contributed by atoms with Crippen LogP contribution >= 0.6 is 0 Å². The van der Waals surface area contributed by atoms with Crippen LogP contribution in [0.3, 0.4) is 0 Å². The second-order valence-electron chi connectivity index (χ2n) is 7.49. The Hall–Kier alpha value is -3.67. The highest BCUT2D eigenvalue weighted by atomic mass is 16.5. The zero-order chi connectivity index (χ0) is 23.1. The molecule has 2 aromatic rings. The minimum absolute atomic E-state index is 0.224. The minimum atomic E-state index is -0.612. The molecule has 0 amide bonds. The maximum Gasteiger partial charge on any atom is 0.336 e. The molecule has 2 aromatic carbocycles. The van der Waals surface area contributed by atoms with Gasteiger partial charge in [-0.2, -0.15) is 5.10 Å². The van der Waals surface area contributed by atoms with E-state index in [0.29, 0.717) is 11.1 Å². The summed E-state index contributed by atoms with van der Waals surface area (Å²) in [6.45, 7) is 7.94. The van der Waals surface area contributed by atoms with Gasteiger partial charge in [0.05, 0.1) is 36.5 Å². The molecule has 0 fully saturated rings. The molecule has 0 spiro atoms. The Morgan fingerprint density at radius 1 is 0.844 bits per heavy atom. The standard InChI is InChI=1S/C26H28N2O4/c1-5-31-25(29)22-16-28(27-15-20-11-7-18(3)8-12-20)17-23(26(30)32-6-2)24(22)21-13-9-19(4)10-14-21/h7-17,24H,5-6H2,1-4H3/b27-15+. The molecule has 1 aliphatic rings. The monoisotopic (exact) mass is 432 g/mol. The first kappa shape index (κ1) is 23.0. The minimum Gasteiger partial charge on any atom is -0.463 e. The first-order valence-electron chi connectivity index (χ1n) is 10.7. The van der Waals surface area contributed by atoms with Crippen molar-refractivity contribution in [3.05, 3.63) is 94.3 Å². The van der Waals surface area contributed by atoms with Gasteiger partial charge < -0.3 is 9.47 Å². The second kappa shape index (κ2) is 10.6. The first-order valence-corrected chi connectivity index (χ1v) is 10.7. The number of carbonyl (C=O) groups excluding carboxylic acids is 2. The maximum absolute atomic E-state index is 12.9. The van der Waals surface area contributed by atoms with Crippen LogP contribution in [0.2, 0.25) is 0 Å². The molecule has 0 saturated carbocycles. The van der Waals surface area contributed by atoms with Gasteiger partial charge in [-0.25, -0.2) is 14.6 Å². The Balaban J connectivity index is 2.06. The lowest BCUT2D eigenvalue weighted by molar-refractivity contribution is -0.139. The number of rotatable bonds is 7. The van der Waals surface area contributed by atoms with Gasteiger partial charge in [-0.1, -0.05) is 59.7 Å². The van der Waals surface area contributed by atoms with Gasteiger partial charge in [-0.05, 0) is 38.8 Å². The summed E-state index contributed by atoms with van der Waals surface area (Å²) in [4.78, 5) is 25.8. The van der Waals surface area contributed by atoms with Crippen LogP contribution in [0.15, 0.2) is 77.2 Å². The summed E-state index contributed by atoms with van der Waals surface area (Å²) in [7, 11) is 0. The zero-order valence-electron chi connectivity index (χ0n) is 18.9. The van der Waals surface area contributed by atoms with E-state index in [9.17, 15) is 9.59 Å². The number of nitrogens with zero attached hydrogens (tertiary/aromatic N) is 2. The van der Waals surface area contributed by atoms with Gasteiger partial charge in [0, 0.05) is 12.4 Å². The molecule has 32 heavy (non-hydrogen) atoms. The van der Waals surface area contributed by atoms with Crippen LogP contribution in [-0.2, 0) is 19.1 Å². The van der Waals surface area contributed by atoms with Crippen LogP contribution in [0.25, 0.3) is 0 Å². The zero-order valence-corrected chi connectivity index (χ0v) is 18.9. The predicted molar refractivity (Wildman–Crippen MR) is 124 cm³/mol. The van der Waals surface area contributed by atoms with E-state index >= 15 is 0 Å². The Bertz CT molecular complexity index is 1010. The Kier molecular flexibility index (Phi) is 7.60.